The van der Waals surface area contributed by atoms with Gasteiger partial charge in [0.15, 0.2) is 5.69 Å². The molecule has 0 bridgehead atoms. The van der Waals surface area contributed by atoms with Crippen LogP contribution in [-0.2, 0) is 19.5 Å². The van der Waals surface area contributed by atoms with Crippen molar-refractivity contribution in [1.82, 2.24) is 40.2 Å². The van der Waals surface area contributed by atoms with Crippen molar-refractivity contribution in [2.45, 2.75) is 39.8 Å². The lowest BCUT2D eigenvalue weighted by Gasteiger charge is -2.26. The van der Waals surface area contributed by atoms with Gasteiger partial charge >= 0.3 is 0 Å². The third-order valence-electron chi connectivity index (χ3n) is 5.10. The quantitative estimate of drug-likeness (QED) is 0.536. The second-order valence-corrected chi connectivity index (χ2v) is 7.23. The highest BCUT2D eigenvalue weighted by Crippen LogP contribution is 2.21. The number of amides is 2. The van der Waals surface area contributed by atoms with Crippen LogP contribution >= 0.6 is 0 Å². The molecule has 0 aliphatic carbocycles. The van der Waals surface area contributed by atoms with Crippen molar-refractivity contribution < 1.29 is 9.59 Å². The van der Waals surface area contributed by atoms with E-state index >= 15 is 0 Å². The zero-order valence-electron chi connectivity index (χ0n) is 16.5. The SMILES string of the molecule is Cc1cc(C)n(CCCNC(=O)c2n[nH]c3c2CCN(C(=O)c2cnc[nH]2)C3)n1. The van der Waals surface area contributed by atoms with E-state index in [0.717, 1.165) is 35.6 Å². The molecule has 0 atom stereocenters. The highest BCUT2D eigenvalue weighted by Gasteiger charge is 2.28. The summed E-state index contributed by atoms with van der Waals surface area (Å²) >= 11 is 0. The second kappa shape index (κ2) is 7.90. The number of hydrogen-bond acceptors (Lipinski definition) is 5. The first-order chi connectivity index (χ1) is 14.0. The minimum atomic E-state index is -0.191. The van der Waals surface area contributed by atoms with Crippen LogP contribution in [0.3, 0.4) is 0 Å². The van der Waals surface area contributed by atoms with Crippen molar-refractivity contribution in [3.05, 3.63) is 52.6 Å². The summed E-state index contributed by atoms with van der Waals surface area (Å²) in [5.74, 6) is -0.304. The molecule has 4 rings (SSSR count). The van der Waals surface area contributed by atoms with Gasteiger partial charge in [-0.05, 0) is 32.8 Å². The number of aromatic nitrogens is 6. The highest BCUT2D eigenvalue weighted by molar-refractivity contribution is 5.95. The fourth-order valence-corrected chi connectivity index (χ4v) is 3.64. The van der Waals surface area contributed by atoms with E-state index in [9.17, 15) is 9.59 Å². The summed E-state index contributed by atoms with van der Waals surface area (Å²) in [7, 11) is 0. The number of hydrogen-bond donors (Lipinski definition) is 3. The Bertz CT molecular complexity index is 1020. The molecule has 0 saturated carbocycles. The van der Waals surface area contributed by atoms with E-state index in [1.807, 2.05) is 24.6 Å². The number of carbonyl (C=O) groups excluding carboxylic acids is 2. The molecular formula is C19H24N8O2. The number of aryl methyl sites for hydroxylation is 3. The molecule has 3 aromatic rings. The maximum Gasteiger partial charge on any atom is 0.272 e. The van der Waals surface area contributed by atoms with Crippen LogP contribution in [0.4, 0.5) is 0 Å². The number of H-pyrrole nitrogens is 2. The monoisotopic (exact) mass is 396 g/mol. The summed E-state index contributed by atoms with van der Waals surface area (Å²) in [6.07, 6.45) is 4.36. The van der Waals surface area contributed by atoms with E-state index in [1.54, 1.807) is 4.90 Å². The predicted molar refractivity (Wildman–Crippen MR) is 104 cm³/mol. The van der Waals surface area contributed by atoms with Gasteiger partial charge in [-0.25, -0.2) is 4.98 Å². The fourth-order valence-electron chi connectivity index (χ4n) is 3.64. The van der Waals surface area contributed by atoms with Gasteiger partial charge in [0, 0.05) is 30.9 Å². The minimum absolute atomic E-state index is 0.113. The second-order valence-electron chi connectivity index (χ2n) is 7.23. The lowest BCUT2D eigenvalue weighted by molar-refractivity contribution is 0.0727. The molecule has 0 saturated heterocycles. The predicted octanol–water partition coefficient (Wildman–Crippen LogP) is 0.965. The molecule has 4 heterocycles. The van der Waals surface area contributed by atoms with Gasteiger partial charge in [-0.3, -0.25) is 19.4 Å². The van der Waals surface area contributed by atoms with E-state index in [1.165, 1.54) is 12.5 Å². The molecule has 0 fully saturated rings. The van der Waals surface area contributed by atoms with Crippen LogP contribution in [0.5, 0.6) is 0 Å². The van der Waals surface area contributed by atoms with Gasteiger partial charge in [0.25, 0.3) is 11.8 Å². The Morgan fingerprint density at radius 2 is 2.17 bits per heavy atom. The molecule has 0 aromatic carbocycles. The Balaban J connectivity index is 1.32. The molecule has 29 heavy (non-hydrogen) atoms. The molecule has 3 N–H and O–H groups in total. The summed E-state index contributed by atoms with van der Waals surface area (Å²) < 4.78 is 1.95. The molecule has 1 aliphatic heterocycles. The Kier molecular flexibility index (Phi) is 5.15. The van der Waals surface area contributed by atoms with Crippen LogP contribution in [0, 0.1) is 13.8 Å². The van der Waals surface area contributed by atoms with Crippen molar-refractivity contribution in [1.29, 1.82) is 0 Å². The van der Waals surface area contributed by atoms with Crippen LogP contribution in [0.2, 0.25) is 0 Å². The third kappa shape index (κ3) is 3.91. The zero-order chi connectivity index (χ0) is 20.4. The summed E-state index contributed by atoms with van der Waals surface area (Å²) in [5.41, 5.74) is 4.67. The van der Waals surface area contributed by atoms with Crippen molar-refractivity contribution in [2.75, 3.05) is 13.1 Å². The minimum Gasteiger partial charge on any atom is -0.351 e. The first kappa shape index (κ1) is 18.9. The van der Waals surface area contributed by atoms with Gasteiger partial charge in [-0.15, -0.1) is 0 Å². The number of fused-ring (bicyclic) bond motifs is 1. The molecule has 0 radical (unpaired) electrons. The number of carbonyl (C=O) groups is 2. The molecule has 0 unspecified atom stereocenters. The van der Waals surface area contributed by atoms with Crippen molar-refractivity contribution in [3.8, 4) is 0 Å². The van der Waals surface area contributed by atoms with Crippen molar-refractivity contribution in [3.63, 3.8) is 0 Å². The number of rotatable bonds is 6. The molecule has 3 aromatic heterocycles. The van der Waals surface area contributed by atoms with Gasteiger partial charge in [-0.1, -0.05) is 0 Å². The number of nitrogens with one attached hydrogen (secondary N) is 3. The molecule has 2 amide bonds. The van der Waals surface area contributed by atoms with Crippen LogP contribution < -0.4 is 5.32 Å². The van der Waals surface area contributed by atoms with Gasteiger partial charge in [0.2, 0.25) is 0 Å². The van der Waals surface area contributed by atoms with Crippen LogP contribution in [0.15, 0.2) is 18.6 Å². The molecule has 10 heteroatoms. The number of aromatic amines is 2. The largest absolute Gasteiger partial charge is 0.351 e. The van der Waals surface area contributed by atoms with Crippen LogP contribution in [-0.4, -0.2) is 59.7 Å². The van der Waals surface area contributed by atoms with Gasteiger partial charge in [-0.2, -0.15) is 10.2 Å². The Morgan fingerprint density at radius 3 is 2.90 bits per heavy atom. The zero-order valence-corrected chi connectivity index (χ0v) is 16.5. The van der Waals surface area contributed by atoms with E-state index in [0.29, 0.717) is 37.4 Å². The first-order valence-corrected chi connectivity index (χ1v) is 9.66. The Labute approximate surface area is 167 Å². The van der Waals surface area contributed by atoms with E-state index < -0.39 is 0 Å². The summed E-state index contributed by atoms with van der Waals surface area (Å²) in [6, 6.07) is 2.04. The average Bonchev–Trinajstić information content (AvgIpc) is 3.44. The van der Waals surface area contributed by atoms with Crippen molar-refractivity contribution in [2.24, 2.45) is 0 Å². The fraction of sp³-hybridized carbons (Fsp3) is 0.421. The highest BCUT2D eigenvalue weighted by atomic mass is 16.2. The van der Waals surface area contributed by atoms with Gasteiger partial charge in [0.05, 0.1) is 30.5 Å². The number of imidazole rings is 1. The van der Waals surface area contributed by atoms with Crippen LogP contribution in [0.1, 0.15) is 50.0 Å². The summed E-state index contributed by atoms with van der Waals surface area (Å²) in [5, 5.41) is 14.5. The molecule has 0 spiro atoms. The molecule has 10 nitrogen and oxygen atoms in total. The third-order valence-corrected chi connectivity index (χ3v) is 5.10. The topological polar surface area (TPSA) is 125 Å². The number of nitrogens with zero attached hydrogens (tertiary/aromatic N) is 5. The van der Waals surface area contributed by atoms with E-state index in [2.05, 4.69) is 30.6 Å². The Hall–Kier alpha value is -3.43. The molecular weight excluding hydrogens is 372 g/mol. The van der Waals surface area contributed by atoms with E-state index in [-0.39, 0.29) is 11.8 Å². The molecule has 152 valence electrons. The smallest absolute Gasteiger partial charge is 0.272 e. The van der Waals surface area contributed by atoms with E-state index in [4.69, 9.17) is 0 Å². The van der Waals surface area contributed by atoms with Crippen LogP contribution in [0.25, 0.3) is 0 Å². The maximum atomic E-state index is 12.6. The van der Waals surface area contributed by atoms with Crippen molar-refractivity contribution >= 4 is 11.8 Å². The van der Waals surface area contributed by atoms with Gasteiger partial charge < -0.3 is 15.2 Å². The first-order valence-electron chi connectivity index (χ1n) is 9.66. The standard InChI is InChI=1S/C19H24N8O2/c1-12-8-13(2)27(25-12)6-3-5-21-18(28)17-14-4-7-26(10-16(14)23-24-17)19(29)15-9-20-11-22-15/h8-9,11H,3-7,10H2,1-2H3,(H,20,22)(H,21,28)(H,23,24). The van der Waals surface area contributed by atoms with Gasteiger partial charge in [0.1, 0.15) is 5.69 Å². The average molecular weight is 396 g/mol. The maximum absolute atomic E-state index is 12.6. The lowest BCUT2D eigenvalue weighted by atomic mass is 10.0. The lowest BCUT2D eigenvalue weighted by Crippen LogP contribution is -2.36. The summed E-state index contributed by atoms with van der Waals surface area (Å²) in [4.78, 5) is 33.4. The summed E-state index contributed by atoms with van der Waals surface area (Å²) in [6.45, 7) is 6.21. The normalized spacial score (nSPS) is 13.4. The molecule has 1 aliphatic rings. The Morgan fingerprint density at radius 1 is 1.31 bits per heavy atom.